The lowest BCUT2D eigenvalue weighted by molar-refractivity contribution is 0.0951. The van der Waals surface area contributed by atoms with Crippen molar-refractivity contribution in [1.29, 1.82) is 0 Å². The number of hydrogen-bond acceptors (Lipinski definition) is 5. The van der Waals surface area contributed by atoms with Crippen LogP contribution in [-0.2, 0) is 20.2 Å². The van der Waals surface area contributed by atoms with Gasteiger partial charge in [-0.3, -0.25) is 4.79 Å². The van der Waals surface area contributed by atoms with E-state index in [2.05, 4.69) is 10.3 Å². The Bertz CT molecular complexity index is 919. The Morgan fingerprint density at radius 3 is 2.67 bits per heavy atom. The molecule has 1 heterocycles. The van der Waals surface area contributed by atoms with Crippen molar-refractivity contribution in [3.8, 4) is 17.2 Å². The minimum atomic E-state index is -0.197. The lowest BCUT2D eigenvalue weighted by Gasteiger charge is -2.09. The largest absolute Gasteiger partial charge is 0.504 e. The summed E-state index contributed by atoms with van der Waals surface area (Å²) in [4.78, 5) is 16.5. The first-order valence-corrected chi connectivity index (χ1v) is 8.40. The molecule has 27 heavy (non-hydrogen) atoms. The number of nitrogens with zero attached hydrogens (tertiary/aromatic N) is 2. The highest BCUT2D eigenvalue weighted by Gasteiger charge is 2.08. The SMILES string of the molecule is COc1cc(CNC(=O)c2ccc(OCc3nccn3C)cc2)ccc1O. The molecule has 3 rings (SSSR count). The summed E-state index contributed by atoms with van der Waals surface area (Å²) in [5.74, 6) is 1.72. The minimum Gasteiger partial charge on any atom is -0.504 e. The highest BCUT2D eigenvalue weighted by molar-refractivity contribution is 5.94. The standard InChI is InChI=1S/C20H21N3O4/c1-23-10-9-21-19(23)13-27-16-6-4-15(5-7-16)20(25)22-12-14-3-8-17(24)18(11-14)26-2/h3-11,24H,12-13H2,1-2H3,(H,22,25). The summed E-state index contributed by atoms with van der Waals surface area (Å²) in [6.45, 7) is 0.685. The van der Waals surface area contributed by atoms with Crippen molar-refractivity contribution in [2.45, 2.75) is 13.2 Å². The molecule has 0 saturated heterocycles. The van der Waals surface area contributed by atoms with E-state index in [1.807, 2.05) is 17.8 Å². The van der Waals surface area contributed by atoms with Crippen molar-refractivity contribution in [2.75, 3.05) is 7.11 Å². The van der Waals surface area contributed by atoms with Gasteiger partial charge in [0.15, 0.2) is 11.5 Å². The molecule has 0 unspecified atom stereocenters. The number of aryl methyl sites for hydroxylation is 1. The molecule has 1 amide bonds. The number of carbonyl (C=O) groups is 1. The number of nitrogens with one attached hydrogen (secondary N) is 1. The van der Waals surface area contributed by atoms with Crippen LogP contribution in [-0.4, -0.2) is 27.7 Å². The quantitative estimate of drug-likeness (QED) is 0.671. The molecule has 2 N–H and O–H groups in total. The van der Waals surface area contributed by atoms with Gasteiger partial charge in [-0.05, 0) is 42.0 Å². The fourth-order valence-corrected chi connectivity index (χ4v) is 2.50. The summed E-state index contributed by atoms with van der Waals surface area (Å²) in [5, 5.41) is 12.4. The van der Waals surface area contributed by atoms with E-state index < -0.39 is 0 Å². The van der Waals surface area contributed by atoms with Crippen LogP contribution >= 0.6 is 0 Å². The second kappa shape index (κ2) is 8.27. The van der Waals surface area contributed by atoms with Gasteiger partial charge >= 0.3 is 0 Å². The van der Waals surface area contributed by atoms with Crippen molar-refractivity contribution in [3.63, 3.8) is 0 Å². The summed E-state index contributed by atoms with van der Waals surface area (Å²) in [6, 6.07) is 11.9. The maximum atomic E-state index is 12.3. The molecular weight excluding hydrogens is 346 g/mol. The van der Waals surface area contributed by atoms with Gasteiger partial charge in [0.25, 0.3) is 5.91 Å². The number of aromatic nitrogens is 2. The number of rotatable bonds is 7. The van der Waals surface area contributed by atoms with Gasteiger partial charge in [0.05, 0.1) is 7.11 Å². The molecule has 2 aromatic carbocycles. The lowest BCUT2D eigenvalue weighted by Crippen LogP contribution is -2.22. The van der Waals surface area contributed by atoms with E-state index in [-0.39, 0.29) is 11.7 Å². The summed E-state index contributed by atoms with van der Waals surface area (Å²) in [7, 11) is 3.39. The number of methoxy groups -OCH3 is 1. The lowest BCUT2D eigenvalue weighted by atomic mass is 10.1. The van der Waals surface area contributed by atoms with Crippen LogP contribution in [0.2, 0.25) is 0 Å². The fourth-order valence-electron chi connectivity index (χ4n) is 2.50. The molecule has 0 aliphatic heterocycles. The number of benzene rings is 2. The normalized spacial score (nSPS) is 10.4. The number of imidazole rings is 1. The van der Waals surface area contributed by atoms with E-state index in [0.29, 0.717) is 30.2 Å². The third kappa shape index (κ3) is 4.58. The van der Waals surface area contributed by atoms with Crippen LogP contribution in [0.25, 0.3) is 0 Å². The number of ether oxygens (including phenoxy) is 2. The highest BCUT2D eigenvalue weighted by Crippen LogP contribution is 2.26. The van der Waals surface area contributed by atoms with E-state index in [1.54, 1.807) is 42.6 Å². The first kappa shape index (κ1) is 18.3. The van der Waals surface area contributed by atoms with Gasteiger partial charge < -0.3 is 24.5 Å². The average molecular weight is 367 g/mol. The van der Waals surface area contributed by atoms with Crippen molar-refractivity contribution in [2.24, 2.45) is 7.05 Å². The minimum absolute atomic E-state index is 0.0636. The number of amides is 1. The topological polar surface area (TPSA) is 85.6 Å². The molecule has 0 atom stereocenters. The van der Waals surface area contributed by atoms with Crippen molar-refractivity contribution < 1.29 is 19.4 Å². The predicted octanol–water partition coefficient (Wildman–Crippen LogP) is 2.64. The van der Waals surface area contributed by atoms with E-state index in [1.165, 1.54) is 13.2 Å². The smallest absolute Gasteiger partial charge is 0.251 e. The summed E-state index contributed by atoms with van der Waals surface area (Å²) in [6.07, 6.45) is 3.58. The monoisotopic (exact) mass is 367 g/mol. The van der Waals surface area contributed by atoms with Gasteiger partial charge in [0.1, 0.15) is 18.2 Å². The van der Waals surface area contributed by atoms with Crippen LogP contribution in [0.4, 0.5) is 0 Å². The number of hydrogen-bond donors (Lipinski definition) is 2. The Morgan fingerprint density at radius 1 is 1.22 bits per heavy atom. The van der Waals surface area contributed by atoms with E-state index in [0.717, 1.165) is 11.4 Å². The number of phenols is 1. The highest BCUT2D eigenvalue weighted by atomic mass is 16.5. The molecule has 0 saturated carbocycles. The third-order valence-electron chi connectivity index (χ3n) is 4.10. The molecular formula is C20H21N3O4. The maximum Gasteiger partial charge on any atom is 0.251 e. The molecule has 0 aliphatic rings. The first-order valence-electron chi connectivity index (χ1n) is 8.40. The zero-order valence-electron chi connectivity index (χ0n) is 15.2. The summed E-state index contributed by atoms with van der Waals surface area (Å²) < 4.78 is 12.6. The molecule has 140 valence electrons. The van der Waals surface area contributed by atoms with E-state index in [4.69, 9.17) is 9.47 Å². The van der Waals surface area contributed by atoms with Crippen molar-refractivity contribution in [1.82, 2.24) is 14.9 Å². The Morgan fingerprint density at radius 2 is 2.00 bits per heavy atom. The summed E-state index contributed by atoms with van der Waals surface area (Å²) >= 11 is 0. The average Bonchev–Trinajstić information content (AvgIpc) is 3.10. The summed E-state index contributed by atoms with van der Waals surface area (Å²) in [5.41, 5.74) is 1.36. The molecule has 0 aliphatic carbocycles. The van der Waals surface area contributed by atoms with Crippen LogP contribution < -0.4 is 14.8 Å². The zero-order chi connectivity index (χ0) is 19.2. The Kier molecular flexibility index (Phi) is 5.61. The third-order valence-corrected chi connectivity index (χ3v) is 4.10. The molecule has 0 spiro atoms. The van der Waals surface area contributed by atoms with E-state index >= 15 is 0 Å². The Balaban J connectivity index is 1.55. The predicted molar refractivity (Wildman–Crippen MR) is 99.8 cm³/mol. The maximum absolute atomic E-state index is 12.3. The van der Waals surface area contributed by atoms with Gasteiger partial charge in [0, 0.05) is 31.5 Å². The molecule has 7 nitrogen and oxygen atoms in total. The van der Waals surface area contributed by atoms with Crippen LogP contribution in [0.15, 0.2) is 54.9 Å². The van der Waals surface area contributed by atoms with Gasteiger partial charge in [-0.25, -0.2) is 4.98 Å². The van der Waals surface area contributed by atoms with Gasteiger partial charge in [-0.15, -0.1) is 0 Å². The number of aromatic hydroxyl groups is 1. The number of phenolic OH excluding ortho intramolecular Hbond substituents is 1. The van der Waals surface area contributed by atoms with Crippen LogP contribution in [0.1, 0.15) is 21.7 Å². The number of carbonyl (C=O) groups excluding carboxylic acids is 1. The Labute approximate surface area is 157 Å². The second-order valence-electron chi connectivity index (χ2n) is 5.96. The van der Waals surface area contributed by atoms with Crippen molar-refractivity contribution in [3.05, 3.63) is 71.8 Å². The molecule has 1 aromatic heterocycles. The fraction of sp³-hybridized carbons (Fsp3) is 0.200. The van der Waals surface area contributed by atoms with E-state index in [9.17, 15) is 9.90 Å². The molecule has 7 heteroatoms. The molecule has 0 radical (unpaired) electrons. The first-order chi connectivity index (χ1) is 13.1. The molecule has 3 aromatic rings. The van der Waals surface area contributed by atoms with Crippen LogP contribution in [0, 0.1) is 0 Å². The Hall–Kier alpha value is -3.48. The van der Waals surface area contributed by atoms with Crippen LogP contribution in [0.5, 0.6) is 17.2 Å². The van der Waals surface area contributed by atoms with Gasteiger partial charge in [0.2, 0.25) is 0 Å². The van der Waals surface area contributed by atoms with Gasteiger partial charge in [-0.1, -0.05) is 6.07 Å². The molecule has 0 fully saturated rings. The van der Waals surface area contributed by atoms with Gasteiger partial charge in [-0.2, -0.15) is 0 Å². The second-order valence-corrected chi connectivity index (χ2v) is 5.96. The van der Waals surface area contributed by atoms with Crippen molar-refractivity contribution >= 4 is 5.91 Å². The zero-order valence-corrected chi connectivity index (χ0v) is 15.2. The molecule has 0 bridgehead atoms. The van der Waals surface area contributed by atoms with Crippen LogP contribution in [0.3, 0.4) is 0 Å².